The van der Waals surface area contributed by atoms with Gasteiger partial charge in [-0.1, -0.05) is 13.0 Å². The van der Waals surface area contributed by atoms with E-state index >= 15 is 0 Å². The summed E-state index contributed by atoms with van der Waals surface area (Å²) in [6.07, 6.45) is 2.15. The van der Waals surface area contributed by atoms with E-state index in [1.807, 2.05) is 13.8 Å². The second-order valence-electron chi connectivity index (χ2n) is 5.37. The van der Waals surface area contributed by atoms with Crippen LogP contribution in [0, 0.1) is 20.8 Å². The Morgan fingerprint density at radius 3 is 2.38 bits per heavy atom. The van der Waals surface area contributed by atoms with Gasteiger partial charge in [0.15, 0.2) is 0 Å². The molecule has 2 atom stereocenters. The van der Waals surface area contributed by atoms with Crippen molar-refractivity contribution in [1.82, 2.24) is 4.72 Å². The van der Waals surface area contributed by atoms with E-state index in [-0.39, 0.29) is 16.7 Å². The molecule has 0 heterocycles. The van der Waals surface area contributed by atoms with Crippen molar-refractivity contribution in [2.24, 2.45) is 0 Å². The molecule has 120 valence electrons. The zero-order chi connectivity index (χ0) is 16.4. The molecular formula is C14H24N2O3S2. The molecule has 5 nitrogen and oxygen atoms in total. The quantitative estimate of drug-likeness (QED) is 0.775. The third-order valence-corrected chi connectivity index (χ3v) is 6.76. The first-order valence-corrected chi connectivity index (χ1v) is 9.86. The number of benzene rings is 1. The van der Waals surface area contributed by atoms with E-state index in [9.17, 15) is 12.6 Å². The average molecular weight is 332 g/mol. The Morgan fingerprint density at radius 2 is 1.86 bits per heavy atom. The molecule has 0 aliphatic heterocycles. The second kappa shape index (κ2) is 6.89. The first-order valence-electron chi connectivity index (χ1n) is 6.76. The first kappa shape index (κ1) is 18.1. The summed E-state index contributed by atoms with van der Waals surface area (Å²) < 4.78 is 38.7. The predicted octanol–water partition coefficient (Wildman–Crippen LogP) is 1.63. The number of nitrogen functional groups attached to an aromatic ring is 1. The molecule has 21 heavy (non-hydrogen) atoms. The van der Waals surface area contributed by atoms with Gasteiger partial charge in [-0.05, 0) is 43.9 Å². The maximum absolute atomic E-state index is 12.4. The lowest BCUT2D eigenvalue weighted by Crippen LogP contribution is -2.29. The number of rotatable bonds is 6. The molecule has 2 unspecified atom stereocenters. The largest absolute Gasteiger partial charge is 0.398 e. The van der Waals surface area contributed by atoms with Crippen LogP contribution >= 0.6 is 0 Å². The molecule has 0 aliphatic rings. The number of nitrogens with two attached hydrogens (primary N) is 1. The Morgan fingerprint density at radius 1 is 1.29 bits per heavy atom. The minimum Gasteiger partial charge on any atom is -0.398 e. The van der Waals surface area contributed by atoms with E-state index in [0.29, 0.717) is 23.2 Å². The Balaban J connectivity index is 2.99. The summed E-state index contributed by atoms with van der Waals surface area (Å²) in [6, 6.07) is 1.78. The lowest BCUT2D eigenvalue weighted by Gasteiger charge is -2.16. The third-order valence-electron chi connectivity index (χ3n) is 3.64. The van der Waals surface area contributed by atoms with Crippen molar-refractivity contribution in [3.05, 3.63) is 22.8 Å². The van der Waals surface area contributed by atoms with Gasteiger partial charge in [0.05, 0.1) is 4.90 Å². The van der Waals surface area contributed by atoms with Crippen LogP contribution in [0.1, 0.15) is 30.0 Å². The van der Waals surface area contributed by atoms with Crippen molar-refractivity contribution in [1.29, 1.82) is 0 Å². The maximum Gasteiger partial charge on any atom is 0.241 e. The van der Waals surface area contributed by atoms with E-state index in [0.717, 1.165) is 5.56 Å². The van der Waals surface area contributed by atoms with Crippen molar-refractivity contribution >= 4 is 26.5 Å². The number of sulfonamides is 1. The standard InChI is InChI=1S/C14H24N2O3S2/c1-9-8-10(2)14(12(4)13(9)15)21(18,19)16-7-6-11(3)20(5)17/h8,11,16H,6-7,15H2,1-5H3. The molecule has 0 bridgehead atoms. The number of hydrogen-bond acceptors (Lipinski definition) is 4. The molecule has 1 aromatic carbocycles. The van der Waals surface area contributed by atoms with Crippen LogP contribution in [0.5, 0.6) is 0 Å². The van der Waals surface area contributed by atoms with Gasteiger partial charge in [0.25, 0.3) is 0 Å². The topological polar surface area (TPSA) is 89.3 Å². The highest BCUT2D eigenvalue weighted by molar-refractivity contribution is 7.89. The normalized spacial score (nSPS) is 14.9. The fourth-order valence-corrected chi connectivity index (χ4v) is 4.21. The summed E-state index contributed by atoms with van der Waals surface area (Å²) in [5.41, 5.74) is 8.57. The van der Waals surface area contributed by atoms with Gasteiger partial charge in [0.2, 0.25) is 10.0 Å². The predicted molar refractivity (Wildman–Crippen MR) is 88.4 cm³/mol. The maximum atomic E-state index is 12.4. The number of aryl methyl sites for hydroxylation is 2. The molecule has 0 saturated carbocycles. The highest BCUT2D eigenvalue weighted by Gasteiger charge is 2.22. The number of nitrogens with one attached hydrogen (secondary N) is 1. The van der Waals surface area contributed by atoms with E-state index in [1.165, 1.54) is 0 Å². The molecule has 1 rings (SSSR count). The number of anilines is 1. The number of hydrogen-bond donors (Lipinski definition) is 2. The van der Waals surface area contributed by atoms with Crippen molar-refractivity contribution < 1.29 is 12.6 Å². The van der Waals surface area contributed by atoms with Crippen LogP contribution in [-0.4, -0.2) is 30.7 Å². The van der Waals surface area contributed by atoms with Crippen LogP contribution < -0.4 is 10.5 Å². The SMILES string of the molecule is Cc1cc(C)c(S(=O)(=O)NCCC(C)S(C)=O)c(C)c1N. The molecule has 0 fully saturated rings. The molecule has 3 N–H and O–H groups in total. The molecule has 0 aliphatic carbocycles. The zero-order valence-corrected chi connectivity index (χ0v) is 14.8. The van der Waals surface area contributed by atoms with E-state index in [2.05, 4.69) is 4.72 Å². The molecule has 0 spiro atoms. The minimum absolute atomic E-state index is 0.0435. The molecular weight excluding hydrogens is 308 g/mol. The smallest absolute Gasteiger partial charge is 0.241 e. The van der Waals surface area contributed by atoms with Crippen LogP contribution in [0.3, 0.4) is 0 Å². The lowest BCUT2D eigenvalue weighted by molar-refractivity contribution is 0.576. The molecule has 7 heteroatoms. The summed E-state index contributed by atoms with van der Waals surface area (Å²) in [4.78, 5) is 0.246. The van der Waals surface area contributed by atoms with Crippen molar-refractivity contribution in [3.8, 4) is 0 Å². The monoisotopic (exact) mass is 332 g/mol. The van der Waals surface area contributed by atoms with Crippen LogP contribution in [0.25, 0.3) is 0 Å². The zero-order valence-electron chi connectivity index (χ0n) is 13.2. The molecule has 0 aromatic heterocycles. The van der Waals surface area contributed by atoms with Crippen LogP contribution in [0.2, 0.25) is 0 Å². The Bertz CT molecular complexity index is 655. The van der Waals surface area contributed by atoms with Crippen molar-refractivity contribution in [2.75, 3.05) is 18.5 Å². The minimum atomic E-state index is -3.61. The van der Waals surface area contributed by atoms with Crippen LogP contribution in [0.4, 0.5) is 5.69 Å². The van der Waals surface area contributed by atoms with Gasteiger partial charge in [-0.2, -0.15) is 0 Å². The summed E-state index contributed by atoms with van der Waals surface area (Å²) in [5.74, 6) is 0. The van der Waals surface area contributed by atoms with Gasteiger partial charge >= 0.3 is 0 Å². The Labute approximate surface area is 129 Å². The average Bonchev–Trinajstić information content (AvgIpc) is 2.35. The van der Waals surface area contributed by atoms with Gasteiger partial charge in [-0.15, -0.1) is 0 Å². The van der Waals surface area contributed by atoms with Gasteiger partial charge in [-0.3, -0.25) is 4.21 Å². The molecule has 0 saturated heterocycles. The summed E-state index contributed by atoms with van der Waals surface area (Å²) >= 11 is 0. The van der Waals surface area contributed by atoms with Crippen LogP contribution in [-0.2, 0) is 20.8 Å². The van der Waals surface area contributed by atoms with Crippen molar-refractivity contribution in [3.63, 3.8) is 0 Å². The summed E-state index contributed by atoms with van der Waals surface area (Å²) in [6.45, 7) is 7.43. The van der Waals surface area contributed by atoms with E-state index in [4.69, 9.17) is 5.73 Å². The fraction of sp³-hybridized carbons (Fsp3) is 0.571. The highest BCUT2D eigenvalue weighted by atomic mass is 32.2. The van der Waals surface area contributed by atoms with Gasteiger partial charge in [0, 0.05) is 34.5 Å². The fourth-order valence-electron chi connectivity index (χ4n) is 2.23. The van der Waals surface area contributed by atoms with Gasteiger partial charge in [-0.25, -0.2) is 13.1 Å². The van der Waals surface area contributed by atoms with Crippen molar-refractivity contribution in [2.45, 2.75) is 44.3 Å². The molecule has 0 radical (unpaired) electrons. The highest BCUT2D eigenvalue weighted by Crippen LogP contribution is 2.27. The molecule has 0 amide bonds. The Hall–Kier alpha value is -0.920. The second-order valence-corrected chi connectivity index (χ2v) is 8.88. The van der Waals surface area contributed by atoms with Gasteiger partial charge < -0.3 is 5.73 Å². The molecule has 1 aromatic rings. The lowest BCUT2D eigenvalue weighted by atomic mass is 10.1. The van der Waals surface area contributed by atoms with Crippen LogP contribution in [0.15, 0.2) is 11.0 Å². The van der Waals surface area contributed by atoms with Gasteiger partial charge in [0.1, 0.15) is 0 Å². The summed E-state index contributed by atoms with van der Waals surface area (Å²) in [7, 11) is -4.56. The Kier molecular flexibility index (Phi) is 5.95. The third kappa shape index (κ3) is 4.28. The van der Waals surface area contributed by atoms with E-state index in [1.54, 1.807) is 26.2 Å². The summed E-state index contributed by atoms with van der Waals surface area (Å²) in [5, 5.41) is -0.0435. The van der Waals surface area contributed by atoms with E-state index < -0.39 is 20.8 Å². The first-order chi connectivity index (χ1) is 9.58.